The third-order valence-corrected chi connectivity index (χ3v) is 3.81. The quantitative estimate of drug-likeness (QED) is 0.764. The van der Waals surface area contributed by atoms with E-state index in [1.807, 2.05) is 6.07 Å². The zero-order valence-electron chi connectivity index (χ0n) is 14.3. The maximum atomic E-state index is 9.90. The molecule has 0 fully saturated rings. The average Bonchev–Trinajstić information content (AvgIpc) is 2.41. The summed E-state index contributed by atoms with van der Waals surface area (Å²) in [6, 6.07) is 3.66. The van der Waals surface area contributed by atoms with Gasteiger partial charge in [-0.25, -0.2) is 0 Å². The molecule has 3 N–H and O–H groups in total. The lowest BCUT2D eigenvalue weighted by Crippen LogP contribution is -2.38. The monoisotopic (exact) mass is 328 g/mol. The Balaban J connectivity index is 3.18. The first-order valence-electron chi connectivity index (χ1n) is 7.80. The Bertz CT molecular complexity index is 468. The molecule has 5 heteroatoms. The summed E-state index contributed by atoms with van der Waals surface area (Å²) < 4.78 is 5.21. The Morgan fingerprint density at radius 3 is 2.14 bits per heavy atom. The Labute approximate surface area is 139 Å². The minimum Gasteiger partial charge on any atom is -0.503 e. The van der Waals surface area contributed by atoms with E-state index in [1.165, 1.54) is 7.11 Å². The van der Waals surface area contributed by atoms with Gasteiger partial charge in [-0.05, 0) is 29.5 Å². The molecule has 126 valence electrons. The predicted octanol–water partition coefficient (Wildman–Crippen LogP) is 3.67. The van der Waals surface area contributed by atoms with Crippen molar-refractivity contribution >= 4 is 11.6 Å². The molecule has 1 unspecified atom stereocenters. The highest BCUT2D eigenvalue weighted by atomic mass is 35.5. The molecule has 0 spiro atoms. The van der Waals surface area contributed by atoms with Gasteiger partial charge >= 0.3 is 0 Å². The molecule has 0 saturated carbocycles. The molecule has 0 aliphatic carbocycles. The lowest BCUT2D eigenvalue weighted by atomic mass is 10.0. The van der Waals surface area contributed by atoms with E-state index in [1.54, 1.807) is 6.07 Å². The molecule has 0 heterocycles. The maximum absolute atomic E-state index is 9.90. The number of phenolic OH excluding ortho intramolecular Hbond substituents is 1. The summed E-state index contributed by atoms with van der Waals surface area (Å²) in [5.74, 6) is 1.45. The first-order valence-corrected chi connectivity index (χ1v) is 8.18. The number of benzene rings is 1. The van der Waals surface area contributed by atoms with Crippen LogP contribution in [0.2, 0.25) is 5.02 Å². The number of ether oxygens (including phenoxy) is 1. The number of hydrogen-bond donors (Lipinski definition) is 2. The summed E-state index contributed by atoms with van der Waals surface area (Å²) >= 11 is 6.13. The van der Waals surface area contributed by atoms with Crippen LogP contribution in [0, 0.1) is 11.8 Å². The maximum Gasteiger partial charge on any atom is 0.176 e. The molecule has 0 bridgehead atoms. The van der Waals surface area contributed by atoms with Crippen LogP contribution < -0.4 is 10.5 Å². The minimum atomic E-state index is -0.0250. The van der Waals surface area contributed by atoms with Crippen LogP contribution in [-0.4, -0.2) is 36.8 Å². The van der Waals surface area contributed by atoms with Crippen molar-refractivity contribution in [3.63, 3.8) is 0 Å². The van der Waals surface area contributed by atoms with Gasteiger partial charge in [0.25, 0.3) is 0 Å². The number of halogens is 1. The molecule has 4 nitrogen and oxygen atoms in total. The van der Waals surface area contributed by atoms with Crippen LogP contribution in [0.3, 0.4) is 0 Å². The Morgan fingerprint density at radius 1 is 1.18 bits per heavy atom. The Hall–Kier alpha value is -0.970. The lowest BCUT2D eigenvalue weighted by molar-refractivity contribution is 0.160. The fraction of sp³-hybridized carbons (Fsp3) is 0.647. The highest BCUT2D eigenvalue weighted by molar-refractivity contribution is 6.32. The fourth-order valence-electron chi connectivity index (χ4n) is 2.70. The summed E-state index contributed by atoms with van der Waals surface area (Å²) in [5.41, 5.74) is 7.02. The molecule has 0 aliphatic rings. The number of nitrogens with zero attached hydrogens (tertiary/aromatic N) is 1. The van der Waals surface area contributed by atoms with Crippen LogP contribution in [0.5, 0.6) is 11.5 Å². The summed E-state index contributed by atoms with van der Waals surface area (Å²) in [7, 11) is 1.52. The van der Waals surface area contributed by atoms with Crippen molar-refractivity contribution in [1.82, 2.24) is 4.90 Å². The second-order valence-electron chi connectivity index (χ2n) is 6.55. The van der Waals surface area contributed by atoms with Gasteiger partial charge in [0, 0.05) is 25.7 Å². The number of nitrogens with two attached hydrogens (primary N) is 1. The summed E-state index contributed by atoms with van der Waals surface area (Å²) in [6.45, 7) is 11.2. The van der Waals surface area contributed by atoms with Gasteiger partial charge in [0.15, 0.2) is 11.5 Å². The Kier molecular flexibility index (Phi) is 7.46. The van der Waals surface area contributed by atoms with Crippen LogP contribution in [0.15, 0.2) is 12.1 Å². The Morgan fingerprint density at radius 2 is 1.73 bits per heavy atom. The third-order valence-electron chi connectivity index (χ3n) is 3.52. The van der Waals surface area contributed by atoms with E-state index < -0.39 is 0 Å². The van der Waals surface area contributed by atoms with Crippen molar-refractivity contribution in [2.45, 2.75) is 33.7 Å². The fourth-order valence-corrected chi connectivity index (χ4v) is 2.92. The van der Waals surface area contributed by atoms with E-state index in [4.69, 9.17) is 22.1 Å². The van der Waals surface area contributed by atoms with E-state index in [2.05, 4.69) is 32.6 Å². The van der Waals surface area contributed by atoms with Gasteiger partial charge in [0.2, 0.25) is 0 Å². The molecule has 0 amide bonds. The van der Waals surface area contributed by atoms with Gasteiger partial charge in [-0.2, -0.15) is 0 Å². The highest BCUT2D eigenvalue weighted by Crippen LogP contribution is 2.37. The molecule has 0 saturated heterocycles. The highest BCUT2D eigenvalue weighted by Gasteiger charge is 2.23. The van der Waals surface area contributed by atoms with Crippen LogP contribution >= 0.6 is 11.6 Å². The standard InChI is InChI=1S/C17H29ClN2O2/c1-11(2)9-20(10-12(3)4)15(8-19)13-6-14(18)17(21)16(7-13)22-5/h6-7,11-12,15,21H,8-10,19H2,1-5H3. The van der Waals surface area contributed by atoms with Gasteiger partial charge < -0.3 is 15.6 Å². The van der Waals surface area contributed by atoms with Gasteiger partial charge in [-0.3, -0.25) is 4.90 Å². The third kappa shape index (κ3) is 5.04. The van der Waals surface area contributed by atoms with Crippen LogP contribution in [0.1, 0.15) is 39.3 Å². The molecule has 0 radical (unpaired) electrons. The van der Waals surface area contributed by atoms with Crippen molar-refractivity contribution in [2.75, 3.05) is 26.7 Å². The first-order chi connectivity index (χ1) is 10.3. The normalized spacial score (nSPS) is 13.2. The lowest BCUT2D eigenvalue weighted by Gasteiger charge is -2.34. The molecule has 0 aromatic heterocycles. The van der Waals surface area contributed by atoms with Gasteiger partial charge in [0.05, 0.1) is 12.1 Å². The molecule has 1 atom stereocenters. The van der Waals surface area contributed by atoms with Crippen LogP contribution in [-0.2, 0) is 0 Å². The van der Waals surface area contributed by atoms with E-state index in [9.17, 15) is 5.11 Å². The molecular formula is C17H29ClN2O2. The number of methoxy groups -OCH3 is 1. The molecule has 1 aromatic carbocycles. The van der Waals surface area contributed by atoms with E-state index in [-0.39, 0.29) is 11.8 Å². The molecule has 1 aromatic rings. The van der Waals surface area contributed by atoms with Gasteiger partial charge in [-0.15, -0.1) is 0 Å². The number of phenols is 1. The van der Waals surface area contributed by atoms with Crippen molar-refractivity contribution in [3.05, 3.63) is 22.7 Å². The van der Waals surface area contributed by atoms with Crippen molar-refractivity contribution in [2.24, 2.45) is 17.6 Å². The number of hydrogen-bond acceptors (Lipinski definition) is 4. The van der Waals surface area contributed by atoms with E-state index in [0.29, 0.717) is 29.2 Å². The zero-order chi connectivity index (χ0) is 16.9. The summed E-state index contributed by atoms with van der Waals surface area (Å²) in [4.78, 5) is 2.39. The topological polar surface area (TPSA) is 58.7 Å². The first kappa shape index (κ1) is 19.1. The number of aromatic hydroxyl groups is 1. The second-order valence-corrected chi connectivity index (χ2v) is 6.95. The van der Waals surface area contributed by atoms with Gasteiger partial charge in [-0.1, -0.05) is 39.3 Å². The molecular weight excluding hydrogens is 300 g/mol. The SMILES string of the molecule is COc1cc(C(CN)N(CC(C)C)CC(C)C)cc(Cl)c1O. The zero-order valence-corrected chi connectivity index (χ0v) is 15.0. The largest absolute Gasteiger partial charge is 0.503 e. The van der Waals surface area contributed by atoms with Crippen LogP contribution in [0.25, 0.3) is 0 Å². The van der Waals surface area contributed by atoms with Crippen molar-refractivity contribution in [1.29, 1.82) is 0 Å². The predicted molar refractivity (Wildman–Crippen MR) is 92.7 cm³/mol. The summed E-state index contributed by atoms with van der Waals surface area (Å²) in [6.07, 6.45) is 0. The molecule has 1 rings (SSSR count). The molecule has 0 aliphatic heterocycles. The molecule has 22 heavy (non-hydrogen) atoms. The van der Waals surface area contributed by atoms with Crippen LogP contribution in [0.4, 0.5) is 0 Å². The minimum absolute atomic E-state index is 0.0250. The van der Waals surface area contributed by atoms with E-state index in [0.717, 1.165) is 18.7 Å². The number of rotatable bonds is 8. The van der Waals surface area contributed by atoms with Gasteiger partial charge in [0.1, 0.15) is 0 Å². The van der Waals surface area contributed by atoms with Crippen molar-refractivity contribution < 1.29 is 9.84 Å². The smallest absolute Gasteiger partial charge is 0.176 e. The van der Waals surface area contributed by atoms with E-state index >= 15 is 0 Å². The average molecular weight is 329 g/mol. The second kappa shape index (κ2) is 8.61. The summed E-state index contributed by atoms with van der Waals surface area (Å²) in [5, 5.41) is 10.2. The van der Waals surface area contributed by atoms with Crippen molar-refractivity contribution in [3.8, 4) is 11.5 Å².